The summed E-state index contributed by atoms with van der Waals surface area (Å²) in [6.07, 6.45) is 0.324. The Kier molecular flexibility index (Phi) is 4.49. The van der Waals surface area contributed by atoms with Gasteiger partial charge in [0.2, 0.25) is 5.91 Å². The first-order valence-corrected chi connectivity index (χ1v) is 5.88. The van der Waals surface area contributed by atoms with Gasteiger partial charge in [0.25, 0.3) is 0 Å². The molecule has 4 nitrogen and oxygen atoms in total. The van der Waals surface area contributed by atoms with Gasteiger partial charge in [-0.3, -0.25) is 9.59 Å². The van der Waals surface area contributed by atoms with Gasteiger partial charge in [-0.1, -0.05) is 6.07 Å². The second-order valence-electron chi connectivity index (χ2n) is 3.71. The number of hydrogen-bond donors (Lipinski definition) is 1. The highest BCUT2D eigenvalue weighted by molar-refractivity contribution is 7.09. The van der Waals surface area contributed by atoms with Crippen LogP contribution >= 0.6 is 11.3 Å². The van der Waals surface area contributed by atoms with Gasteiger partial charge in [-0.05, 0) is 18.4 Å². The average molecular weight is 241 g/mol. The van der Waals surface area contributed by atoms with Crippen LogP contribution in [0.15, 0.2) is 17.5 Å². The summed E-state index contributed by atoms with van der Waals surface area (Å²) in [6, 6.07) is 3.99. The predicted molar refractivity (Wildman–Crippen MR) is 62.5 cm³/mol. The van der Waals surface area contributed by atoms with Crippen LogP contribution in [0.5, 0.6) is 0 Å². The summed E-state index contributed by atoms with van der Waals surface area (Å²) in [7, 11) is 1.64. The molecule has 1 aromatic rings. The fourth-order valence-electron chi connectivity index (χ4n) is 1.36. The van der Waals surface area contributed by atoms with Gasteiger partial charge in [-0.15, -0.1) is 11.3 Å². The molecule has 1 rings (SSSR count). The van der Waals surface area contributed by atoms with E-state index in [1.807, 2.05) is 24.4 Å². The van der Waals surface area contributed by atoms with Crippen LogP contribution in [-0.2, 0) is 16.0 Å². The van der Waals surface area contributed by atoms with E-state index in [1.165, 1.54) is 9.78 Å². The molecule has 5 heteroatoms. The topological polar surface area (TPSA) is 57.6 Å². The molecule has 0 aromatic carbocycles. The van der Waals surface area contributed by atoms with Crippen LogP contribution in [0, 0.1) is 0 Å². The predicted octanol–water partition coefficient (Wildman–Crippen LogP) is 1.61. The minimum atomic E-state index is -1.08. The first kappa shape index (κ1) is 12.7. The van der Waals surface area contributed by atoms with Gasteiger partial charge in [-0.2, -0.15) is 0 Å². The zero-order valence-electron chi connectivity index (χ0n) is 9.34. The maximum atomic E-state index is 11.5. The number of thiophene rings is 1. The van der Waals surface area contributed by atoms with E-state index in [1.54, 1.807) is 18.4 Å². The molecule has 88 valence electrons. The molecule has 0 radical (unpaired) electrons. The van der Waals surface area contributed by atoms with Gasteiger partial charge in [0.15, 0.2) is 0 Å². The molecule has 0 saturated heterocycles. The number of rotatable bonds is 5. The molecule has 1 N–H and O–H groups in total. The lowest BCUT2D eigenvalue weighted by molar-refractivity contribution is -0.144. The van der Waals surface area contributed by atoms with Crippen molar-refractivity contribution in [2.45, 2.75) is 25.8 Å². The minimum Gasteiger partial charge on any atom is -0.481 e. The van der Waals surface area contributed by atoms with E-state index in [9.17, 15) is 9.59 Å². The number of carboxylic acids is 1. The van der Waals surface area contributed by atoms with Crippen molar-refractivity contribution in [3.8, 4) is 0 Å². The lowest BCUT2D eigenvalue weighted by atomic mass is 10.2. The molecular weight excluding hydrogens is 226 g/mol. The monoisotopic (exact) mass is 241 g/mol. The lowest BCUT2D eigenvalue weighted by Crippen LogP contribution is -2.37. The number of carbonyl (C=O) groups excluding carboxylic acids is 1. The summed E-state index contributed by atoms with van der Waals surface area (Å²) in [5, 5.41) is 10.5. The summed E-state index contributed by atoms with van der Waals surface area (Å²) >= 11 is 1.64. The number of carbonyl (C=O) groups is 2. The molecule has 0 aliphatic rings. The van der Waals surface area contributed by atoms with E-state index >= 15 is 0 Å². The van der Waals surface area contributed by atoms with Crippen molar-refractivity contribution in [2.75, 3.05) is 7.05 Å². The number of carboxylic acid groups (broad SMARTS) is 1. The fraction of sp³-hybridized carbons (Fsp3) is 0.455. The minimum absolute atomic E-state index is 0.0190. The standard InChI is InChI=1S/C11H15NO3S/c1-8(6-9-4-3-5-16-9)12(2)10(13)7-11(14)15/h3-5,8H,6-7H2,1-2H3,(H,14,15). The molecule has 0 bridgehead atoms. The quantitative estimate of drug-likeness (QED) is 0.797. The Balaban J connectivity index is 2.50. The molecule has 16 heavy (non-hydrogen) atoms. The van der Waals surface area contributed by atoms with Crippen LogP contribution in [0.1, 0.15) is 18.2 Å². The molecule has 1 heterocycles. The van der Waals surface area contributed by atoms with Crippen molar-refractivity contribution in [1.82, 2.24) is 4.90 Å². The molecule has 0 spiro atoms. The highest BCUT2D eigenvalue weighted by Gasteiger charge is 2.18. The Hall–Kier alpha value is -1.36. The normalized spacial score (nSPS) is 12.1. The van der Waals surface area contributed by atoms with Crippen LogP contribution < -0.4 is 0 Å². The van der Waals surface area contributed by atoms with Crippen molar-refractivity contribution in [3.05, 3.63) is 22.4 Å². The van der Waals surface area contributed by atoms with E-state index in [0.29, 0.717) is 0 Å². The van der Waals surface area contributed by atoms with E-state index in [-0.39, 0.29) is 11.9 Å². The average Bonchev–Trinajstić information content (AvgIpc) is 2.68. The van der Waals surface area contributed by atoms with E-state index < -0.39 is 12.4 Å². The number of hydrogen-bond acceptors (Lipinski definition) is 3. The number of aliphatic carboxylic acids is 1. The SMILES string of the molecule is CC(Cc1cccs1)N(C)C(=O)CC(=O)O. The Bertz CT molecular complexity index is 361. The van der Waals surface area contributed by atoms with Gasteiger partial charge < -0.3 is 10.0 Å². The number of likely N-dealkylation sites (N-methyl/N-ethyl adjacent to an activating group) is 1. The molecule has 0 aliphatic carbocycles. The van der Waals surface area contributed by atoms with Gasteiger partial charge in [0, 0.05) is 24.4 Å². The summed E-state index contributed by atoms with van der Waals surface area (Å²) in [6.45, 7) is 1.92. The third-order valence-corrected chi connectivity index (χ3v) is 3.33. The third kappa shape index (κ3) is 3.66. The van der Waals surface area contributed by atoms with Crippen molar-refractivity contribution in [2.24, 2.45) is 0 Å². The smallest absolute Gasteiger partial charge is 0.312 e. The highest BCUT2D eigenvalue weighted by atomic mass is 32.1. The van der Waals surface area contributed by atoms with E-state index in [2.05, 4.69) is 0 Å². The largest absolute Gasteiger partial charge is 0.481 e. The molecule has 1 atom stereocenters. The molecule has 1 amide bonds. The Morgan fingerprint density at radius 1 is 1.56 bits per heavy atom. The second-order valence-corrected chi connectivity index (χ2v) is 4.74. The van der Waals surface area contributed by atoms with Crippen molar-refractivity contribution >= 4 is 23.2 Å². The van der Waals surface area contributed by atoms with E-state index in [0.717, 1.165) is 6.42 Å². The number of amides is 1. The summed E-state index contributed by atoms with van der Waals surface area (Å²) < 4.78 is 0. The van der Waals surface area contributed by atoms with Crippen LogP contribution in [0.3, 0.4) is 0 Å². The number of nitrogens with zero attached hydrogens (tertiary/aromatic N) is 1. The maximum Gasteiger partial charge on any atom is 0.312 e. The maximum absolute atomic E-state index is 11.5. The van der Waals surface area contributed by atoms with Gasteiger partial charge in [-0.25, -0.2) is 0 Å². The van der Waals surface area contributed by atoms with Gasteiger partial charge in [0.1, 0.15) is 6.42 Å². The van der Waals surface area contributed by atoms with Gasteiger partial charge in [0.05, 0.1) is 0 Å². The van der Waals surface area contributed by atoms with Crippen molar-refractivity contribution < 1.29 is 14.7 Å². The zero-order valence-corrected chi connectivity index (χ0v) is 10.2. The van der Waals surface area contributed by atoms with Crippen LogP contribution in [-0.4, -0.2) is 35.0 Å². The van der Waals surface area contributed by atoms with Gasteiger partial charge >= 0.3 is 5.97 Å². The molecule has 0 saturated carbocycles. The first-order valence-electron chi connectivity index (χ1n) is 5.00. The van der Waals surface area contributed by atoms with Crippen LogP contribution in [0.4, 0.5) is 0 Å². The molecule has 1 aromatic heterocycles. The summed E-state index contributed by atoms with van der Waals surface area (Å²) in [5.41, 5.74) is 0. The van der Waals surface area contributed by atoms with Crippen LogP contribution in [0.2, 0.25) is 0 Å². The Morgan fingerprint density at radius 3 is 2.75 bits per heavy atom. The van der Waals surface area contributed by atoms with E-state index in [4.69, 9.17) is 5.11 Å². The molecular formula is C11H15NO3S. The second kappa shape index (κ2) is 5.65. The van der Waals surface area contributed by atoms with Crippen LogP contribution in [0.25, 0.3) is 0 Å². The molecule has 1 unspecified atom stereocenters. The van der Waals surface area contributed by atoms with Crippen molar-refractivity contribution in [1.29, 1.82) is 0 Å². The summed E-state index contributed by atoms with van der Waals surface area (Å²) in [5.74, 6) is -1.43. The zero-order chi connectivity index (χ0) is 12.1. The fourth-order valence-corrected chi connectivity index (χ4v) is 2.18. The summed E-state index contributed by atoms with van der Waals surface area (Å²) in [4.78, 5) is 24.6. The Morgan fingerprint density at radius 2 is 2.25 bits per heavy atom. The Labute approximate surface area is 98.5 Å². The molecule has 0 aliphatic heterocycles. The third-order valence-electron chi connectivity index (χ3n) is 2.43. The first-order chi connectivity index (χ1) is 7.50. The lowest BCUT2D eigenvalue weighted by Gasteiger charge is -2.23. The van der Waals surface area contributed by atoms with Crippen molar-refractivity contribution in [3.63, 3.8) is 0 Å². The molecule has 0 fully saturated rings. The highest BCUT2D eigenvalue weighted by Crippen LogP contribution is 2.13.